The minimum absolute atomic E-state index is 0.195. The summed E-state index contributed by atoms with van der Waals surface area (Å²) in [5, 5.41) is 0. The van der Waals surface area contributed by atoms with E-state index in [2.05, 4.69) is 0 Å². The number of amides is 1. The van der Waals surface area contributed by atoms with Gasteiger partial charge in [0.05, 0.1) is 5.41 Å². The molecule has 0 N–H and O–H groups in total. The fraction of sp³-hybridized carbons (Fsp3) is 0.231. The largest absolute Gasteiger partial charge is 0.455 e. The molecule has 0 aromatic heterocycles. The van der Waals surface area contributed by atoms with Crippen molar-refractivity contribution in [3.63, 3.8) is 0 Å². The maximum atomic E-state index is 13.0. The molecule has 0 saturated heterocycles. The van der Waals surface area contributed by atoms with Crippen LogP contribution in [0.4, 0.5) is 0 Å². The molecular weight excluding hydrogens is 374 g/mol. The van der Waals surface area contributed by atoms with Crippen LogP contribution >= 0.6 is 0 Å². The second-order valence-corrected chi connectivity index (χ2v) is 7.75. The number of carbonyl (C=O) groups is 2. The van der Waals surface area contributed by atoms with E-state index in [4.69, 9.17) is 4.74 Å². The second-order valence-electron chi connectivity index (χ2n) is 7.75. The normalized spacial score (nSPS) is 14.0. The highest BCUT2D eigenvalue weighted by molar-refractivity contribution is 5.89. The Morgan fingerprint density at radius 3 is 1.67 bits per heavy atom. The molecule has 1 fully saturated rings. The topological polar surface area (TPSA) is 46.6 Å². The third kappa shape index (κ3) is 4.60. The van der Waals surface area contributed by atoms with Crippen molar-refractivity contribution < 1.29 is 14.3 Å². The quantitative estimate of drug-likeness (QED) is 0.524. The zero-order valence-corrected chi connectivity index (χ0v) is 16.9. The van der Waals surface area contributed by atoms with E-state index >= 15 is 0 Å². The van der Waals surface area contributed by atoms with Crippen molar-refractivity contribution in [2.45, 2.75) is 31.3 Å². The van der Waals surface area contributed by atoms with Crippen LogP contribution in [0.2, 0.25) is 0 Å². The molecule has 1 saturated carbocycles. The Balaban J connectivity index is 1.43. The van der Waals surface area contributed by atoms with Gasteiger partial charge >= 0.3 is 5.97 Å². The van der Waals surface area contributed by atoms with E-state index in [1.54, 1.807) is 4.90 Å². The van der Waals surface area contributed by atoms with Crippen LogP contribution < -0.4 is 0 Å². The molecule has 0 radical (unpaired) electrons. The minimum atomic E-state index is -0.578. The molecule has 4 heteroatoms. The van der Waals surface area contributed by atoms with Crippen LogP contribution in [0, 0.1) is 0 Å². The molecule has 152 valence electrons. The van der Waals surface area contributed by atoms with Crippen molar-refractivity contribution in [3.05, 3.63) is 108 Å². The number of hydrogen-bond donors (Lipinski definition) is 0. The van der Waals surface area contributed by atoms with E-state index in [-0.39, 0.29) is 18.5 Å². The average molecular weight is 399 g/mol. The first kappa shape index (κ1) is 19.9. The summed E-state index contributed by atoms with van der Waals surface area (Å²) >= 11 is 0. The Bertz CT molecular complexity index is 941. The van der Waals surface area contributed by atoms with Crippen LogP contribution in [-0.2, 0) is 32.8 Å². The highest BCUT2D eigenvalue weighted by Crippen LogP contribution is 2.49. The molecule has 4 nitrogen and oxygen atoms in total. The van der Waals surface area contributed by atoms with Crippen LogP contribution in [0.25, 0.3) is 0 Å². The lowest BCUT2D eigenvalue weighted by molar-refractivity contribution is -0.154. The number of nitrogens with zero attached hydrogens (tertiary/aromatic N) is 1. The Morgan fingerprint density at radius 2 is 1.20 bits per heavy atom. The maximum absolute atomic E-state index is 13.0. The van der Waals surface area contributed by atoms with E-state index in [0.29, 0.717) is 13.1 Å². The highest BCUT2D eigenvalue weighted by Gasteiger charge is 2.52. The number of rotatable bonds is 8. The zero-order valence-electron chi connectivity index (χ0n) is 16.9. The van der Waals surface area contributed by atoms with Gasteiger partial charge in [-0.15, -0.1) is 0 Å². The highest BCUT2D eigenvalue weighted by atomic mass is 16.5. The van der Waals surface area contributed by atoms with Crippen molar-refractivity contribution in [1.82, 2.24) is 4.90 Å². The summed E-state index contributed by atoms with van der Waals surface area (Å²) in [5.41, 5.74) is 2.46. The van der Waals surface area contributed by atoms with Gasteiger partial charge in [0.25, 0.3) is 5.91 Å². The molecule has 0 heterocycles. The SMILES string of the molecule is O=C(COC(=O)C1(c2ccccc2)CC1)N(Cc1ccccc1)Cc1ccccc1. The molecule has 0 atom stereocenters. The third-order valence-electron chi connectivity index (χ3n) is 5.58. The second kappa shape index (κ2) is 8.95. The number of carbonyl (C=O) groups excluding carboxylic acids is 2. The smallest absolute Gasteiger partial charge is 0.317 e. The van der Waals surface area contributed by atoms with Gasteiger partial charge in [-0.1, -0.05) is 91.0 Å². The molecule has 3 aromatic carbocycles. The fourth-order valence-electron chi connectivity index (χ4n) is 3.69. The van der Waals surface area contributed by atoms with Gasteiger partial charge in [0, 0.05) is 13.1 Å². The predicted octanol–water partition coefficient (Wildman–Crippen LogP) is 4.49. The first-order chi connectivity index (χ1) is 14.7. The Morgan fingerprint density at radius 1 is 0.733 bits per heavy atom. The van der Waals surface area contributed by atoms with E-state index in [1.807, 2.05) is 91.0 Å². The monoisotopic (exact) mass is 399 g/mol. The first-order valence-corrected chi connectivity index (χ1v) is 10.3. The van der Waals surface area contributed by atoms with Crippen molar-refractivity contribution in [2.75, 3.05) is 6.61 Å². The summed E-state index contributed by atoms with van der Waals surface area (Å²) in [6, 6.07) is 29.4. The first-order valence-electron chi connectivity index (χ1n) is 10.3. The number of esters is 1. The lowest BCUT2D eigenvalue weighted by Gasteiger charge is -2.24. The summed E-state index contributed by atoms with van der Waals surface area (Å²) in [6.07, 6.45) is 1.53. The molecule has 0 aliphatic heterocycles. The Hall–Kier alpha value is -3.40. The molecule has 0 bridgehead atoms. The van der Waals surface area contributed by atoms with Crippen molar-refractivity contribution in [1.29, 1.82) is 0 Å². The standard InChI is InChI=1S/C26H25NO3/c28-24(20-30-25(29)26(16-17-26)23-14-8-3-9-15-23)27(18-21-10-4-1-5-11-21)19-22-12-6-2-7-13-22/h1-15H,16-20H2. The van der Waals surface area contributed by atoms with E-state index in [0.717, 1.165) is 29.5 Å². The fourth-order valence-corrected chi connectivity index (χ4v) is 3.69. The van der Waals surface area contributed by atoms with Crippen molar-refractivity contribution in [3.8, 4) is 0 Å². The molecule has 3 aromatic rings. The van der Waals surface area contributed by atoms with Gasteiger partial charge in [-0.2, -0.15) is 0 Å². The van der Waals surface area contributed by atoms with Gasteiger partial charge in [0.2, 0.25) is 0 Å². The molecule has 1 amide bonds. The summed E-state index contributed by atoms with van der Waals surface area (Å²) in [7, 11) is 0. The Kier molecular flexibility index (Phi) is 5.94. The van der Waals surface area contributed by atoms with Gasteiger partial charge in [-0.3, -0.25) is 9.59 Å². The van der Waals surface area contributed by atoms with Gasteiger partial charge < -0.3 is 9.64 Å². The van der Waals surface area contributed by atoms with E-state index in [9.17, 15) is 9.59 Å². The molecular formula is C26H25NO3. The number of hydrogen-bond acceptors (Lipinski definition) is 3. The van der Waals surface area contributed by atoms with Gasteiger partial charge in [-0.25, -0.2) is 0 Å². The Labute approximate surface area is 177 Å². The van der Waals surface area contributed by atoms with Gasteiger partial charge in [0.15, 0.2) is 6.61 Å². The predicted molar refractivity (Wildman–Crippen MR) is 115 cm³/mol. The van der Waals surface area contributed by atoms with Crippen molar-refractivity contribution in [2.24, 2.45) is 0 Å². The van der Waals surface area contributed by atoms with E-state index < -0.39 is 5.41 Å². The van der Waals surface area contributed by atoms with Crippen LogP contribution in [-0.4, -0.2) is 23.4 Å². The summed E-state index contributed by atoms with van der Waals surface area (Å²) in [4.78, 5) is 27.5. The lowest BCUT2D eigenvalue weighted by Crippen LogP contribution is -2.35. The lowest BCUT2D eigenvalue weighted by atomic mass is 9.96. The molecule has 30 heavy (non-hydrogen) atoms. The van der Waals surface area contributed by atoms with Gasteiger partial charge in [0.1, 0.15) is 0 Å². The van der Waals surface area contributed by atoms with E-state index in [1.165, 1.54) is 0 Å². The molecule has 1 aliphatic carbocycles. The van der Waals surface area contributed by atoms with Crippen molar-refractivity contribution >= 4 is 11.9 Å². The van der Waals surface area contributed by atoms with Crippen LogP contribution in [0.15, 0.2) is 91.0 Å². The minimum Gasteiger partial charge on any atom is -0.455 e. The summed E-state index contributed by atoms with van der Waals surface area (Å²) in [5.74, 6) is -0.499. The molecule has 4 rings (SSSR count). The van der Waals surface area contributed by atoms with Crippen LogP contribution in [0.3, 0.4) is 0 Å². The molecule has 1 aliphatic rings. The summed E-state index contributed by atoms with van der Waals surface area (Å²) in [6.45, 7) is 0.693. The zero-order chi connectivity index (χ0) is 20.8. The molecule has 0 unspecified atom stereocenters. The summed E-state index contributed by atoms with van der Waals surface area (Å²) < 4.78 is 5.51. The van der Waals surface area contributed by atoms with Crippen LogP contribution in [0.1, 0.15) is 29.5 Å². The maximum Gasteiger partial charge on any atom is 0.317 e. The average Bonchev–Trinajstić information content (AvgIpc) is 3.61. The molecule has 0 spiro atoms. The number of benzene rings is 3. The third-order valence-corrected chi connectivity index (χ3v) is 5.58. The van der Waals surface area contributed by atoms with Crippen LogP contribution in [0.5, 0.6) is 0 Å². The number of ether oxygens (including phenoxy) is 1. The van der Waals surface area contributed by atoms with Gasteiger partial charge in [-0.05, 0) is 29.5 Å².